The molecule has 0 atom stereocenters. The molecule has 0 radical (unpaired) electrons. The van der Waals surface area contributed by atoms with Gasteiger partial charge < -0.3 is 14.7 Å². The van der Waals surface area contributed by atoms with Gasteiger partial charge in [0.15, 0.2) is 0 Å². The topological polar surface area (TPSA) is 84.2 Å². The lowest BCUT2D eigenvalue weighted by molar-refractivity contribution is -0.125. The molecule has 33 heavy (non-hydrogen) atoms. The first-order valence-electron chi connectivity index (χ1n) is 11.0. The first-order chi connectivity index (χ1) is 16.1. The number of aromatic nitrogens is 3. The monoisotopic (exact) mass is 461 g/mol. The number of hydrogen-bond acceptors (Lipinski definition) is 6. The van der Waals surface area contributed by atoms with Crippen LogP contribution in [-0.2, 0) is 11.3 Å². The first kappa shape index (κ1) is 21.4. The molecule has 1 aliphatic rings. The van der Waals surface area contributed by atoms with Crippen LogP contribution in [-0.4, -0.2) is 34.1 Å². The number of benzene rings is 2. The molecule has 0 saturated carbocycles. The fourth-order valence-electron chi connectivity index (χ4n) is 4.24. The number of carbonyl (C=O) groups excluding carboxylic acids is 1. The molecule has 0 unspecified atom stereocenters. The highest BCUT2D eigenvalue weighted by molar-refractivity contribution is 6.31. The number of fused-ring (bicyclic) bond motifs is 1. The maximum atomic E-state index is 12.7. The van der Waals surface area contributed by atoms with Crippen molar-refractivity contribution in [1.82, 2.24) is 20.4 Å². The van der Waals surface area contributed by atoms with Gasteiger partial charge in [-0.3, -0.25) is 4.79 Å². The van der Waals surface area contributed by atoms with Gasteiger partial charge >= 0.3 is 0 Å². The molecule has 168 valence electrons. The van der Waals surface area contributed by atoms with Crippen LogP contribution in [0.25, 0.3) is 22.4 Å². The van der Waals surface area contributed by atoms with Gasteiger partial charge in [-0.05, 0) is 31.4 Å². The highest BCUT2D eigenvalue weighted by Crippen LogP contribution is 2.34. The molecule has 2 aromatic carbocycles. The fourth-order valence-corrected chi connectivity index (χ4v) is 4.44. The van der Waals surface area contributed by atoms with E-state index >= 15 is 0 Å². The Hall–Kier alpha value is -3.45. The summed E-state index contributed by atoms with van der Waals surface area (Å²) < 4.78 is 5.51. The lowest BCUT2D eigenvalue weighted by Crippen LogP contribution is -2.40. The summed E-state index contributed by atoms with van der Waals surface area (Å²) in [5.41, 5.74) is 4.27. The van der Waals surface area contributed by atoms with Crippen molar-refractivity contribution in [3.05, 3.63) is 71.0 Å². The molecule has 3 heterocycles. The number of nitrogens with zero attached hydrogens (tertiary/aromatic N) is 4. The molecule has 1 amide bonds. The number of amides is 1. The van der Waals surface area contributed by atoms with Gasteiger partial charge in [0.2, 0.25) is 5.91 Å². The summed E-state index contributed by atoms with van der Waals surface area (Å²) in [7, 11) is 0. The Morgan fingerprint density at radius 3 is 2.64 bits per heavy atom. The third kappa shape index (κ3) is 4.41. The van der Waals surface area contributed by atoms with Crippen LogP contribution in [0, 0.1) is 12.8 Å². The predicted octanol–water partition coefficient (Wildman–Crippen LogP) is 4.78. The molecule has 1 saturated heterocycles. The van der Waals surface area contributed by atoms with E-state index in [1.807, 2.05) is 55.5 Å². The Labute approximate surface area is 196 Å². The van der Waals surface area contributed by atoms with Crippen molar-refractivity contribution in [1.29, 1.82) is 0 Å². The maximum absolute atomic E-state index is 12.7. The SMILES string of the molecule is Cc1ccc(-c2noc3ncnc(N4CCC(C(=O)NCc5ccccc5Cl)CC4)c23)cc1. The third-order valence-electron chi connectivity index (χ3n) is 6.15. The smallest absolute Gasteiger partial charge is 0.263 e. The summed E-state index contributed by atoms with van der Waals surface area (Å²) in [6.45, 7) is 3.92. The standard InChI is InChI=1S/C25H24ClN5O2/c1-16-6-8-17(9-7-16)22-21-23(28-15-29-25(21)33-30-22)31-12-10-18(11-13-31)24(32)27-14-19-4-2-3-5-20(19)26/h2-9,15,18H,10-14H2,1H3,(H,27,32). The minimum absolute atomic E-state index is 0.0416. The van der Waals surface area contributed by atoms with E-state index in [1.54, 1.807) is 0 Å². The minimum Gasteiger partial charge on any atom is -0.356 e. The number of anilines is 1. The number of rotatable bonds is 5. The summed E-state index contributed by atoms with van der Waals surface area (Å²) in [4.78, 5) is 23.8. The maximum Gasteiger partial charge on any atom is 0.263 e. The molecule has 0 spiro atoms. The summed E-state index contributed by atoms with van der Waals surface area (Å²) in [6.07, 6.45) is 2.99. The van der Waals surface area contributed by atoms with E-state index in [4.69, 9.17) is 16.1 Å². The number of aryl methyl sites for hydroxylation is 1. The van der Waals surface area contributed by atoms with Gasteiger partial charge in [-0.2, -0.15) is 4.98 Å². The quantitative estimate of drug-likeness (QED) is 0.460. The molecule has 0 aliphatic carbocycles. The number of hydrogen-bond donors (Lipinski definition) is 1. The van der Waals surface area contributed by atoms with E-state index in [0.717, 1.165) is 54.0 Å². The zero-order valence-electron chi connectivity index (χ0n) is 18.3. The molecule has 4 aromatic rings. The third-order valence-corrected chi connectivity index (χ3v) is 6.52. The second kappa shape index (κ2) is 9.19. The Kier molecular flexibility index (Phi) is 5.96. The molecule has 2 aromatic heterocycles. The average molecular weight is 462 g/mol. The van der Waals surface area contributed by atoms with Gasteiger partial charge in [-0.15, -0.1) is 0 Å². The molecule has 0 bridgehead atoms. The molecule has 5 rings (SSSR count). The van der Waals surface area contributed by atoms with E-state index in [9.17, 15) is 4.79 Å². The normalized spacial score (nSPS) is 14.5. The Morgan fingerprint density at radius 1 is 1.12 bits per heavy atom. The van der Waals surface area contributed by atoms with Gasteiger partial charge in [-0.1, -0.05) is 64.8 Å². The number of nitrogens with one attached hydrogen (secondary N) is 1. The van der Waals surface area contributed by atoms with Gasteiger partial charge in [0.25, 0.3) is 5.71 Å². The van der Waals surface area contributed by atoms with E-state index in [0.29, 0.717) is 17.3 Å². The van der Waals surface area contributed by atoms with Crippen molar-refractivity contribution >= 4 is 34.4 Å². The van der Waals surface area contributed by atoms with Gasteiger partial charge in [-0.25, -0.2) is 4.98 Å². The Morgan fingerprint density at radius 2 is 1.88 bits per heavy atom. The van der Waals surface area contributed by atoms with Gasteiger partial charge in [0.1, 0.15) is 23.2 Å². The Bertz CT molecular complexity index is 1280. The lowest BCUT2D eigenvalue weighted by atomic mass is 9.95. The van der Waals surface area contributed by atoms with E-state index < -0.39 is 0 Å². The Balaban J connectivity index is 1.29. The number of carbonyl (C=O) groups is 1. The van der Waals surface area contributed by atoms with Crippen LogP contribution in [0.2, 0.25) is 5.02 Å². The van der Waals surface area contributed by atoms with Crippen molar-refractivity contribution in [2.24, 2.45) is 5.92 Å². The van der Waals surface area contributed by atoms with Crippen LogP contribution < -0.4 is 10.2 Å². The molecule has 1 fully saturated rings. The van der Waals surface area contributed by atoms with Crippen LogP contribution in [0.4, 0.5) is 5.82 Å². The van der Waals surface area contributed by atoms with Crippen LogP contribution in [0.3, 0.4) is 0 Å². The first-order valence-corrected chi connectivity index (χ1v) is 11.4. The zero-order valence-corrected chi connectivity index (χ0v) is 19.0. The molecule has 8 heteroatoms. The fraction of sp³-hybridized carbons (Fsp3) is 0.280. The van der Waals surface area contributed by atoms with E-state index in [2.05, 4.69) is 25.3 Å². The van der Waals surface area contributed by atoms with Gasteiger partial charge in [0.05, 0.1) is 0 Å². The van der Waals surface area contributed by atoms with Crippen LogP contribution >= 0.6 is 11.6 Å². The van der Waals surface area contributed by atoms with Crippen LogP contribution in [0.15, 0.2) is 59.4 Å². The molecule has 7 nitrogen and oxygen atoms in total. The largest absolute Gasteiger partial charge is 0.356 e. The van der Waals surface area contributed by atoms with Crippen molar-refractivity contribution in [2.75, 3.05) is 18.0 Å². The summed E-state index contributed by atoms with van der Waals surface area (Å²) >= 11 is 6.20. The van der Waals surface area contributed by atoms with Crippen molar-refractivity contribution < 1.29 is 9.32 Å². The van der Waals surface area contributed by atoms with Crippen LogP contribution in [0.5, 0.6) is 0 Å². The van der Waals surface area contributed by atoms with Gasteiger partial charge in [0, 0.05) is 36.1 Å². The second-order valence-electron chi connectivity index (χ2n) is 8.35. The van der Waals surface area contributed by atoms with Crippen LogP contribution in [0.1, 0.15) is 24.0 Å². The molecule has 1 N–H and O–H groups in total. The van der Waals surface area contributed by atoms with E-state index in [1.165, 1.54) is 11.9 Å². The van der Waals surface area contributed by atoms with Crippen molar-refractivity contribution in [3.8, 4) is 11.3 Å². The van der Waals surface area contributed by atoms with Crippen molar-refractivity contribution in [2.45, 2.75) is 26.3 Å². The molecular weight excluding hydrogens is 438 g/mol. The highest BCUT2D eigenvalue weighted by atomic mass is 35.5. The predicted molar refractivity (Wildman–Crippen MR) is 128 cm³/mol. The summed E-state index contributed by atoms with van der Waals surface area (Å²) in [5, 5.41) is 8.78. The minimum atomic E-state index is -0.0416. The second-order valence-corrected chi connectivity index (χ2v) is 8.75. The summed E-state index contributed by atoms with van der Waals surface area (Å²) in [5.74, 6) is 0.819. The zero-order chi connectivity index (χ0) is 22.8. The molecular formula is C25H24ClN5O2. The summed E-state index contributed by atoms with van der Waals surface area (Å²) in [6, 6.07) is 15.7. The number of piperidine rings is 1. The highest BCUT2D eigenvalue weighted by Gasteiger charge is 2.28. The average Bonchev–Trinajstić information content (AvgIpc) is 3.28. The molecule has 1 aliphatic heterocycles. The number of halogens is 1. The lowest BCUT2D eigenvalue weighted by Gasteiger charge is -2.32. The van der Waals surface area contributed by atoms with Crippen molar-refractivity contribution in [3.63, 3.8) is 0 Å². The van der Waals surface area contributed by atoms with E-state index in [-0.39, 0.29) is 11.8 Å².